The van der Waals surface area contributed by atoms with Gasteiger partial charge < -0.3 is 19.5 Å². The molecule has 1 unspecified atom stereocenters. The fourth-order valence-electron chi connectivity index (χ4n) is 2.69. The van der Waals surface area contributed by atoms with Gasteiger partial charge in [-0.3, -0.25) is 4.90 Å². The second-order valence-corrected chi connectivity index (χ2v) is 5.51. The van der Waals surface area contributed by atoms with Crippen molar-refractivity contribution in [2.75, 3.05) is 31.0 Å². The van der Waals surface area contributed by atoms with Crippen LogP contribution < -0.4 is 24.4 Å². The molecule has 1 N–H and O–H groups in total. The van der Waals surface area contributed by atoms with E-state index in [1.807, 2.05) is 31.2 Å². The molecular weight excluding hydrogens is 308 g/mol. The van der Waals surface area contributed by atoms with Crippen LogP contribution in [0, 0.1) is 0 Å². The Kier molecular flexibility index (Phi) is 4.46. The van der Waals surface area contributed by atoms with Crippen molar-refractivity contribution in [3.8, 4) is 17.2 Å². The van der Waals surface area contributed by atoms with E-state index in [9.17, 15) is 4.79 Å². The number of fused-ring (bicyclic) bond motifs is 1. The van der Waals surface area contributed by atoms with Crippen LogP contribution in [-0.4, -0.2) is 32.9 Å². The lowest BCUT2D eigenvalue weighted by Gasteiger charge is -2.33. The van der Waals surface area contributed by atoms with Crippen molar-refractivity contribution in [1.29, 1.82) is 0 Å². The summed E-state index contributed by atoms with van der Waals surface area (Å²) in [5, 5.41) is 2.89. The average molecular weight is 328 g/mol. The molecule has 6 heteroatoms. The van der Waals surface area contributed by atoms with Gasteiger partial charge in [0.1, 0.15) is 11.9 Å². The first kappa shape index (κ1) is 16.0. The SMILES string of the molecule is COc1ccc(NC(=O)N2CC(C)Oc3ccccc32)cc1OC. The number of rotatable bonds is 3. The van der Waals surface area contributed by atoms with Crippen LogP contribution in [0.2, 0.25) is 0 Å². The number of anilines is 2. The Morgan fingerprint density at radius 2 is 1.92 bits per heavy atom. The van der Waals surface area contributed by atoms with Crippen molar-refractivity contribution in [3.63, 3.8) is 0 Å². The van der Waals surface area contributed by atoms with Gasteiger partial charge in [0.05, 0.1) is 26.5 Å². The molecule has 2 amide bonds. The quantitative estimate of drug-likeness (QED) is 0.936. The highest BCUT2D eigenvalue weighted by Gasteiger charge is 2.27. The minimum atomic E-state index is -0.218. The molecule has 0 saturated heterocycles. The Labute approximate surface area is 140 Å². The van der Waals surface area contributed by atoms with Gasteiger partial charge in [-0.1, -0.05) is 12.1 Å². The summed E-state index contributed by atoms with van der Waals surface area (Å²) in [6, 6.07) is 12.5. The van der Waals surface area contributed by atoms with E-state index in [1.165, 1.54) is 0 Å². The molecule has 24 heavy (non-hydrogen) atoms. The number of para-hydroxylation sites is 2. The number of nitrogens with zero attached hydrogens (tertiary/aromatic N) is 1. The minimum Gasteiger partial charge on any atom is -0.493 e. The molecule has 3 rings (SSSR count). The molecule has 0 bridgehead atoms. The number of carbonyl (C=O) groups is 1. The number of nitrogens with one attached hydrogen (secondary N) is 1. The highest BCUT2D eigenvalue weighted by Crippen LogP contribution is 2.34. The van der Waals surface area contributed by atoms with Crippen LogP contribution in [-0.2, 0) is 0 Å². The van der Waals surface area contributed by atoms with Gasteiger partial charge in [0, 0.05) is 11.8 Å². The molecule has 0 radical (unpaired) electrons. The van der Waals surface area contributed by atoms with E-state index in [0.717, 1.165) is 5.69 Å². The molecule has 1 aliphatic rings. The van der Waals surface area contributed by atoms with E-state index in [1.54, 1.807) is 37.3 Å². The van der Waals surface area contributed by atoms with E-state index in [4.69, 9.17) is 14.2 Å². The highest BCUT2D eigenvalue weighted by atomic mass is 16.5. The number of methoxy groups -OCH3 is 2. The Bertz CT molecular complexity index is 748. The molecule has 0 fully saturated rings. The maximum Gasteiger partial charge on any atom is 0.326 e. The Morgan fingerprint density at radius 3 is 2.67 bits per heavy atom. The summed E-state index contributed by atoms with van der Waals surface area (Å²) in [4.78, 5) is 14.4. The molecule has 2 aromatic rings. The van der Waals surface area contributed by atoms with Gasteiger partial charge in [-0.05, 0) is 31.2 Å². The van der Waals surface area contributed by atoms with Crippen molar-refractivity contribution >= 4 is 17.4 Å². The number of urea groups is 1. The van der Waals surface area contributed by atoms with Crippen molar-refractivity contribution in [3.05, 3.63) is 42.5 Å². The largest absolute Gasteiger partial charge is 0.493 e. The lowest BCUT2D eigenvalue weighted by atomic mass is 10.2. The second kappa shape index (κ2) is 6.70. The van der Waals surface area contributed by atoms with Crippen molar-refractivity contribution < 1.29 is 19.0 Å². The Morgan fingerprint density at radius 1 is 1.17 bits per heavy atom. The molecule has 2 aromatic carbocycles. The molecule has 0 aromatic heterocycles. The van der Waals surface area contributed by atoms with E-state index in [2.05, 4.69) is 5.32 Å². The zero-order valence-corrected chi connectivity index (χ0v) is 13.9. The molecule has 6 nitrogen and oxygen atoms in total. The number of hydrogen-bond acceptors (Lipinski definition) is 4. The highest BCUT2D eigenvalue weighted by molar-refractivity contribution is 6.03. The smallest absolute Gasteiger partial charge is 0.326 e. The maximum atomic E-state index is 12.7. The fourth-order valence-corrected chi connectivity index (χ4v) is 2.69. The fraction of sp³-hybridized carbons (Fsp3) is 0.278. The monoisotopic (exact) mass is 328 g/mol. The first-order chi connectivity index (χ1) is 11.6. The summed E-state index contributed by atoms with van der Waals surface area (Å²) in [7, 11) is 3.13. The first-order valence-electron chi connectivity index (χ1n) is 7.68. The summed E-state index contributed by atoms with van der Waals surface area (Å²) in [6.45, 7) is 2.42. The van der Waals surface area contributed by atoms with Crippen LogP contribution in [0.15, 0.2) is 42.5 Å². The standard InChI is InChI=1S/C18H20N2O4/c1-12-11-20(14-6-4-5-7-15(14)24-12)18(21)19-13-8-9-16(22-2)17(10-13)23-3/h4-10,12H,11H2,1-3H3,(H,19,21). The zero-order valence-electron chi connectivity index (χ0n) is 13.9. The summed E-state index contributed by atoms with van der Waals surface area (Å²) < 4.78 is 16.2. The van der Waals surface area contributed by atoms with Gasteiger partial charge in [-0.25, -0.2) is 4.79 Å². The van der Waals surface area contributed by atoms with E-state index < -0.39 is 0 Å². The van der Waals surface area contributed by atoms with Crippen LogP contribution in [0.4, 0.5) is 16.2 Å². The topological polar surface area (TPSA) is 60.0 Å². The lowest BCUT2D eigenvalue weighted by Crippen LogP contribution is -2.44. The Hall–Kier alpha value is -2.89. The lowest BCUT2D eigenvalue weighted by molar-refractivity contribution is 0.208. The predicted molar refractivity (Wildman–Crippen MR) is 92.4 cm³/mol. The molecule has 126 valence electrons. The zero-order chi connectivity index (χ0) is 17.1. The van der Waals surface area contributed by atoms with Crippen LogP contribution in [0.5, 0.6) is 17.2 Å². The van der Waals surface area contributed by atoms with Crippen LogP contribution in [0.3, 0.4) is 0 Å². The van der Waals surface area contributed by atoms with Crippen molar-refractivity contribution in [2.24, 2.45) is 0 Å². The van der Waals surface area contributed by atoms with Gasteiger partial charge in [0.25, 0.3) is 0 Å². The van der Waals surface area contributed by atoms with Gasteiger partial charge >= 0.3 is 6.03 Å². The molecule has 1 heterocycles. The summed E-state index contributed by atoms with van der Waals surface area (Å²) in [6.07, 6.45) is -0.0731. The Balaban J connectivity index is 1.83. The van der Waals surface area contributed by atoms with E-state index in [0.29, 0.717) is 29.5 Å². The maximum absolute atomic E-state index is 12.7. The second-order valence-electron chi connectivity index (χ2n) is 5.51. The first-order valence-corrected chi connectivity index (χ1v) is 7.68. The third kappa shape index (κ3) is 3.08. The number of carbonyl (C=O) groups excluding carboxylic acids is 1. The number of benzene rings is 2. The predicted octanol–water partition coefficient (Wildman–Crippen LogP) is 3.52. The molecule has 0 spiro atoms. The molecule has 0 saturated carbocycles. The number of hydrogen-bond donors (Lipinski definition) is 1. The molecule has 1 atom stereocenters. The third-order valence-electron chi connectivity index (χ3n) is 3.80. The van der Waals surface area contributed by atoms with E-state index in [-0.39, 0.29) is 12.1 Å². The van der Waals surface area contributed by atoms with Crippen LogP contribution in [0.1, 0.15) is 6.92 Å². The van der Waals surface area contributed by atoms with Crippen LogP contribution >= 0.6 is 0 Å². The van der Waals surface area contributed by atoms with Crippen LogP contribution in [0.25, 0.3) is 0 Å². The van der Waals surface area contributed by atoms with Gasteiger partial charge in [-0.2, -0.15) is 0 Å². The molecule has 0 aliphatic carbocycles. The van der Waals surface area contributed by atoms with Gasteiger partial charge in [0.2, 0.25) is 0 Å². The number of amides is 2. The summed E-state index contributed by atoms with van der Waals surface area (Å²) in [5.41, 5.74) is 1.39. The van der Waals surface area contributed by atoms with Gasteiger partial charge in [-0.15, -0.1) is 0 Å². The molecule has 1 aliphatic heterocycles. The average Bonchev–Trinajstić information content (AvgIpc) is 2.60. The van der Waals surface area contributed by atoms with E-state index >= 15 is 0 Å². The minimum absolute atomic E-state index is 0.0731. The van der Waals surface area contributed by atoms with Crippen molar-refractivity contribution in [1.82, 2.24) is 0 Å². The molecular formula is C18H20N2O4. The summed E-state index contributed by atoms with van der Waals surface area (Å²) in [5.74, 6) is 1.88. The number of ether oxygens (including phenoxy) is 3. The van der Waals surface area contributed by atoms with Crippen molar-refractivity contribution in [2.45, 2.75) is 13.0 Å². The third-order valence-corrected chi connectivity index (χ3v) is 3.80. The summed E-state index contributed by atoms with van der Waals surface area (Å²) >= 11 is 0. The van der Waals surface area contributed by atoms with Gasteiger partial charge in [0.15, 0.2) is 11.5 Å². The normalized spacial score (nSPS) is 16.0.